The van der Waals surface area contributed by atoms with Crippen molar-refractivity contribution in [2.75, 3.05) is 0 Å². The zero-order valence-corrected chi connectivity index (χ0v) is 11.9. The second-order valence-corrected chi connectivity index (χ2v) is 7.06. The first kappa shape index (κ1) is 12.9. The molecule has 1 aromatic rings. The topological polar surface area (TPSA) is 26.3 Å². The number of carbonyl (C=O) groups is 1. The molecule has 0 aromatic heterocycles. The van der Waals surface area contributed by atoms with Crippen LogP contribution in [-0.4, -0.2) is 31.0 Å². The van der Waals surface area contributed by atoms with Gasteiger partial charge in [-0.3, -0.25) is 0 Å². The van der Waals surface area contributed by atoms with Gasteiger partial charge >= 0.3 is 111 Å². The number of benzene rings is 1. The van der Waals surface area contributed by atoms with Gasteiger partial charge in [0.2, 0.25) is 0 Å². The van der Waals surface area contributed by atoms with Crippen LogP contribution in [0.3, 0.4) is 0 Å². The van der Waals surface area contributed by atoms with Crippen molar-refractivity contribution in [1.29, 1.82) is 0 Å². The van der Waals surface area contributed by atoms with Gasteiger partial charge in [0.25, 0.3) is 0 Å². The van der Waals surface area contributed by atoms with Crippen molar-refractivity contribution in [3.05, 3.63) is 30.1 Å². The van der Waals surface area contributed by atoms with Crippen LogP contribution in [-0.2, 0) is 4.74 Å². The van der Waals surface area contributed by atoms with E-state index in [2.05, 4.69) is 0 Å². The Morgan fingerprint density at radius 2 is 1.82 bits per heavy atom. The maximum atomic E-state index is 12.7. The molecule has 2 rings (SSSR count). The first-order valence-corrected chi connectivity index (χ1v) is 8.21. The first-order chi connectivity index (χ1) is 8.24. The van der Waals surface area contributed by atoms with E-state index in [0.29, 0.717) is 0 Å². The summed E-state index contributed by atoms with van der Waals surface area (Å²) in [7, 11) is 0. The Morgan fingerprint density at radius 3 is 2.47 bits per heavy atom. The Balaban J connectivity index is 1.82. The van der Waals surface area contributed by atoms with Gasteiger partial charge in [0.1, 0.15) is 0 Å². The van der Waals surface area contributed by atoms with Crippen molar-refractivity contribution in [1.82, 2.24) is 0 Å². The molecule has 0 amide bonds. The summed E-state index contributed by atoms with van der Waals surface area (Å²) in [6, 6.07) is 6.15. The standard InChI is InChI=1S/C13H15FO2Te/c14-10-6-8-12(9-7-10)17-13(15)16-11-4-2-1-3-5-11/h6-9,11H,1-5H2. The van der Waals surface area contributed by atoms with Gasteiger partial charge in [0.05, 0.1) is 0 Å². The van der Waals surface area contributed by atoms with Gasteiger partial charge in [-0.15, -0.1) is 0 Å². The van der Waals surface area contributed by atoms with E-state index in [9.17, 15) is 9.18 Å². The third-order valence-electron chi connectivity index (χ3n) is 2.83. The molecule has 4 heteroatoms. The van der Waals surface area contributed by atoms with E-state index in [4.69, 9.17) is 4.74 Å². The van der Waals surface area contributed by atoms with Gasteiger partial charge < -0.3 is 0 Å². The molecule has 1 aromatic carbocycles. The van der Waals surface area contributed by atoms with E-state index < -0.39 is 20.9 Å². The summed E-state index contributed by atoms with van der Waals surface area (Å²) in [6.45, 7) is 0. The zero-order valence-electron chi connectivity index (χ0n) is 9.52. The van der Waals surface area contributed by atoms with E-state index in [-0.39, 0.29) is 15.9 Å². The maximum absolute atomic E-state index is 12.7. The molecule has 1 aliphatic carbocycles. The van der Waals surface area contributed by atoms with Crippen LogP contribution < -0.4 is 3.61 Å². The summed E-state index contributed by atoms with van der Waals surface area (Å²) in [5.74, 6) is -0.262. The van der Waals surface area contributed by atoms with Crippen LogP contribution in [0.4, 0.5) is 9.18 Å². The summed E-state index contributed by atoms with van der Waals surface area (Å²) in [5, 5.41) is 0. The Hall–Kier alpha value is -0.590. The molecule has 2 nitrogen and oxygen atoms in total. The summed E-state index contributed by atoms with van der Waals surface area (Å²) in [5.41, 5.74) is 0. The quantitative estimate of drug-likeness (QED) is 0.784. The number of hydrogen-bond donors (Lipinski definition) is 0. The summed E-state index contributed by atoms with van der Waals surface area (Å²) >= 11 is -0.992. The number of carbonyl (C=O) groups excluding carboxylic acids is 1. The SMILES string of the molecule is O=C(OC1CCCCC1)[Te]c1ccc(F)cc1. The molecule has 17 heavy (non-hydrogen) atoms. The normalized spacial score (nSPS) is 16.8. The number of halogens is 1. The van der Waals surface area contributed by atoms with Crippen molar-refractivity contribution in [3.8, 4) is 0 Å². The predicted molar refractivity (Wildman–Crippen MR) is 65.1 cm³/mol. The molecule has 1 saturated carbocycles. The van der Waals surface area contributed by atoms with E-state index in [0.717, 1.165) is 29.3 Å². The fourth-order valence-electron chi connectivity index (χ4n) is 1.94. The van der Waals surface area contributed by atoms with Crippen molar-refractivity contribution in [2.45, 2.75) is 38.2 Å². The minimum atomic E-state index is -0.992. The van der Waals surface area contributed by atoms with Crippen LogP contribution >= 0.6 is 0 Å². The third-order valence-corrected chi connectivity index (χ3v) is 5.03. The Bertz CT molecular complexity index is 372. The van der Waals surface area contributed by atoms with Gasteiger partial charge in [-0.05, 0) is 0 Å². The fraction of sp³-hybridized carbons (Fsp3) is 0.462. The third kappa shape index (κ3) is 4.29. The van der Waals surface area contributed by atoms with Gasteiger partial charge in [-0.2, -0.15) is 0 Å². The van der Waals surface area contributed by atoms with Crippen LogP contribution in [0.1, 0.15) is 32.1 Å². The molecule has 0 atom stereocenters. The van der Waals surface area contributed by atoms with Crippen molar-refractivity contribution < 1.29 is 13.9 Å². The molecule has 0 saturated heterocycles. The van der Waals surface area contributed by atoms with E-state index in [1.165, 1.54) is 18.6 Å². The Kier molecular flexibility index (Phi) is 4.82. The fourth-order valence-corrected chi connectivity index (χ4v) is 3.79. The molecule has 0 N–H and O–H groups in total. The average Bonchev–Trinajstić information content (AvgIpc) is 2.33. The van der Waals surface area contributed by atoms with Crippen LogP contribution in [0.5, 0.6) is 0 Å². The summed E-state index contributed by atoms with van der Waals surface area (Å²) in [6.07, 6.45) is 5.71. The summed E-state index contributed by atoms with van der Waals surface area (Å²) < 4.78 is 19.0. The number of ether oxygens (including phenoxy) is 1. The zero-order chi connectivity index (χ0) is 12.1. The van der Waals surface area contributed by atoms with Crippen LogP contribution in [0.2, 0.25) is 0 Å². The molecule has 92 valence electrons. The second-order valence-electron chi connectivity index (χ2n) is 4.18. The van der Waals surface area contributed by atoms with Crippen LogP contribution in [0.25, 0.3) is 0 Å². The van der Waals surface area contributed by atoms with Crippen molar-refractivity contribution in [2.24, 2.45) is 0 Å². The van der Waals surface area contributed by atoms with E-state index in [1.54, 1.807) is 12.1 Å². The Morgan fingerprint density at radius 1 is 1.18 bits per heavy atom. The van der Waals surface area contributed by atoms with E-state index >= 15 is 0 Å². The van der Waals surface area contributed by atoms with Crippen molar-refractivity contribution >= 4 is 28.6 Å². The van der Waals surface area contributed by atoms with Gasteiger partial charge in [0, 0.05) is 0 Å². The van der Waals surface area contributed by atoms with Gasteiger partial charge in [-0.25, -0.2) is 0 Å². The molecule has 0 aliphatic heterocycles. The van der Waals surface area contributed by atoms with Gasteiger partial charge in [0.15, 0.2) is 0 Å². The number of rotatable bonds is 3. The molecule has 1 aliphatic rings. The van der Waals surface area contributed by atoms with E-state index in [1.807, 2.05) is 0 Å². The molecule has 0 unspecified atom stereocenters. The Labute approximate surface area is 111 Å². The second kappa shape index (κ2) is 6.37. The van der Waals surface area contributed by atoms with Crippen LogP contribution in [0, 0.1) is 5.82 Å². The minimum absolute atomic E-state index is 0.0751. The molecule has 0 radical (unpaired) electrons. The average molecular weight is 350 g/mol. The monoisotopic (exact) mass is 352 g/mol. The van der Waals surface area contributed by atoms with Crippen LogP contribution in [0.15, 0.2) is 24.3 Å². The van der Waals surface area contributed by atoms with Gasteiger partial charge in [-0.1, -0.05) is 0 Å². The van der Waals surface area contributed by atoms with Crippen molar-refractivity contribution in [3.63, 3.8) is 0 Å². The first-order valence-electron chi connectivity index (χ1n) is 5.88. The molecule has 0 heterocycles. The molecular weight excluding hydrogens is 335 g/mol. The molecule has 0 spiro atoms. The molecule has 0 bridgehead atoms. The summed E-state index contributed by atoms with van der Waals surface area (Å²) in [4.78, 5) is 11.7. The number of hydrogen-bond acceptors (Lipinski definition) is 2. The molecule has 1 fully saturated rings. The molecular formula is C13H15FO2Te. The predicted octanol–water partition coefficient (Wildman–Crippen LogP) is 2.62.